The van der Waals surface area contributed by atoms with E-state index in [4.69, 9.17) is 5.73 Å². The highest BCUT2D eigenvalue weighted by Crippen LogP contribution is 2.28. The average molecular weight is 492 g/mol. The number of thioether (sulfide) groups is 1. The average Bonchev–Trinajstić information content (AvgIpc) is 2.83. The number of aryl methyl sites for hydroxylation is 2. The summed E-state index contributed by atoms with van der Waals surface area (Å²) in [5.74, 6) is -0.758. The molecule has 9 nitrogen and oxygen atoms in total. The summed E-state index contributed by atoms with van der Waals surface area (Å²) in [5.41, 5.74) is 7.27. The molecule has 35 heavy (non-hydrogen) atoms. The minimum Gasteiger partial charge on any atom is -0.384 e. The number of Topliss-reactive ketones (excluding diaryl/α,β-unsaturated/α-hetero) is 1. The molecule has 0 radical (unpaired) electrons. The minimum atomic E-state index is -0.826. The normalized spacial score (nSPS) is 12.1. The molecular weight excluding hydrogens is 466 g/mol. The van der Waals surface area contributed by atoms with Crippen LogP contribution in [0.4, 0.5) is 5.82 Å². The van der Waals surface area contributed by atoms with E-state index >= 15 is 0 Å². The number of nitrogen functional groups attached to an aromatic ring is 1. The molecule has 0 spiro atoms. The van der Waals surface area contributed by atoms with Crippen molar-refractivity contribution in [2.75, 3.05) is 5.73 Å². The van der Waals surface area contributed by atoms with Crippen LogP contribution in [0.15, 0.2) is 62.0 Å². The fourth-order valence-corrected chi connectivity index (χ4v) is 4.78. The highest BCUT2D eigenvalue weighted by atomic mass is 32.2. The molecule has 0 saturated carbocycles. The van der Waals surface area contributed by atoms with Gasteiger partial charge >= 0.3 is 5.69 Å². The van der Waals surface area contributed by atoms with Crippen molar-refractivity contribution in [3.8, 4) is 5.69 Å². The third kappa shape index (κ3) is 4.10. The summed E-state index contributed by atoms with van der Waals surface area (Å²) in [5, 5.41) is -0.0726. The number of carbonyl (C=O) groups is 1. The summed E-state index contributed by atoms with van der Waals surface area (Å²) in [6.07, 6.45) is 0. The second-order valence-corrected chi connectivity index (χ2v) is 9.72. The smallest absolute Gasteiger partial charge is 0.332 e. The first kappa shape index (κ1) is 24.2. The SMILES string of the molecule is Cc1ccc(-n2c(SC(C)C(=O)c3c(N)n(C)c(=O)n(C)c3=O)nc3ccccc3c2=O)cc1C. The molecule has 4 aromatic rings. The number of carbonyl (C=O) groups excluding carboxylic acids is 1. The lowest BCUT2D eigenvalue weighted by Crippen LogP contribution is -2.42. The number of rotatable bonds is 5. The Labute approximate surface area is 204 Å². The van der Waals surface area contributed by atoms with E-state index in [1.165, 1.54) is 18.7 Å². The molecule has 2 N–H and O–H groups in total. The van der Waals surface area contributed by atoms with Gasteiger partial charge < -0.3 is 5.73 Å². The predicted octanol–water partition coefficient (Wildman–Crippen LogP) is 2.35. The number of hydrogen-bond acceptors (Lipinski definition) is 7. The molecule has 0 aliphatic carbocycles. The number of nitrogens with two attached hydrogens (primary N) is 1. The van der Waals surface area contributed by atoms with Crippen LogP contribution in [0.5, 0.6) is 0 Å². The molecule has 4 rings (SSSR count). The van der Waals surface area contributed by atoms with E-state index in [2.05, 4.69) is 4.98 Å². The van der Waals surface area contributed by atoms with E-state index < -0.39 is 22.3 Å². The molecule has 10 heteroatoms. The molecule has 0 aliphatic rings. The Bertz CT molecular complexity index is 1680. The van der Waals surface area contributed by atoms with Gasteiger partial charge in [0, 0.05) is 14.1 Å². The molecule has 0 aliphatic heterocycles. The van der Waals surface area contributed by atoms with Gasteiger partial charge in [0.1, 0.15) is 11.4 Å². The van der Waals surface area contributed by atoms with Crippen LogP contribution in [0.2, 0.25) is 0 Å². The van der Waals surface area contributed by atoms with Crippen molar-refractivity contribution in [3.63, 3.8) is 0 Å². The van der Waals surface area contributed by atoms with Crippen molar-refractivity contribution >= 4 is 34.3 Å². The van der Waals surface area contributed by atoms with Gasteiger partial charge in [-0.1, -0.05) is 30.0 Å². The van der Waals surface area contributed by atoms with Gasteiger partial charge in [0.05, 0.1) is 21.8 Å². The van der Waals surface area contributed by atoms with Crippen LogP contribution in [0.3, 0.4) is 0 Å². The van der Waals surface area contributed by atoms with Crippen LogP contribution in [0.1, 0.15) is 28.4 Å². The maximum Gasteiger partial charge on any atom is 0.332 e. The molecule has 0 amide bonds. The number of ketones is 1. The standard InChI is InChI=1S/C25H25N5O4S/c1-13-10-11-16(12-14(13)2)30-22(32)17-8-6-7-9-18(17)27-24(30)35-15(3)20(31)19-21(26)28(4)25(34)29(5)23(19)33/h6-12,15H,26H2,1-5H3. The lowest BCUT2D eigenvalue weighted by molar-refractivity contribution is 0.0992. The van der Waals surface area contributed by atoms with Crippen LogP contribution < -0.4 is 22.5 Å². The van der Waals surface area contributed by atoms with Crippen LogP contribution >= 0.6 is 11.8 Å². The molecule has 0 bridgehead atoms. The molecule has 1 unspecified atom stereocenters. The van der Waals surface area contributed by atoms with Gasteiger partial charge in [0.2, 0.25) is 0 Å². The highest BCUT2D eigenvalue weighted by molar-refractivity contribution is 8.00. The van der Waals surface area contributed by atoms with Gasteiger partial charge in [0.15, 0.2) is 10.9 Å². The van der Waals surface area contributed by atoms with E-state index in [0.29, 0.717) is 21.7 Å². The fourth-order valence-electron chi connectivity index (χ4n) is 3.79. The second-order valence-electron chi connectivity index (χ2n) is 8.41. The predicted molar refractivity (Wildman–Crippen MR) is 138 cm³/mol. The number of benzene rings is 2. The second kappa shape index (κ2) is 9.03. The fraction of sp³-hybridized carbons (Fsp3) is 0.240. The van der Waals surface area contributed by atoms with Gasteiger partial charge in [-0.3, -0.25) is 28.1 Å². The molecule has 0 fully saturated rings. The molecule has 1 atom stereocenters. The number of aromatic nitrogens is 4. The van der Waals surface area contributed by atoms with Crippen LogP contribution in [0.25, 0.3) is 16.6 Å². The topological polar surface area (TPSA) is 122 Å². The summed E-state index contributed by atoms with van der Waals surface area (Å²) in [6, 6.07) is 12.6. The number of fused-ring (bicyclic) bond motifs is 1. The number of nitrogens with zero attached hydrogens (tertiary/aromatic N) is 4. The highest BCUT2D eigenvalue weighted by Gasteiger charge is 2.27. The largest absolute Gasteiger partial charge is 0.384 e. The van der Waals surface area contributed by atoms with E-state index in [9.17, 15) is 19.2 Å². The van der Waals surface area contributed by atoms with E-state index in [1.54, 1.807) is 31.2 Å². The molecule has 2 aromatic carbocycles. The summed E-state index contributed by atoms with van der Waals surface area (Å²) in [7, 11) is 2.69. The molecular formula is C25H25N5O4S. The van der Waals surface area contributed by atoms with Gasteiger partial charge in [-0.25, -0.2) is 9.78 Å². The summed E-state index contributed by atoms with van der Waals surface area (Å²) < 4.78 is 3.39. The van der Waals surface area contributed by atoms with Crippen molar-refractivity contribution in [2.24, 2.45) is 14.1 Å². The Morgan fingerprint density at radius 2 is 1.66 bits per heavy atom. The van der Waals surface area contributed by atoms with E-state index in [1.807, 2.05) is 32.0 Å². The Morgan fingerprint density at radius 1 is 0.971 bits per heavy atom. The van der Waals surface area contributed by atoms with E-state index in [0.717, 1.165) is 32.0 Å². The van der Waals surface area contributed by atoms with Crippen molar-refractivity contribution < 1.29 is 4.79 Å². The lowest BCUT2D eigenvalue weighted by Gasteiger charge is -2.18. The third-order valence-electron chi connectivity index (χ3n) is 6.10. The maximum atomic E-state index is 13.5. The van der Waals surface area contributed by atoms with Gasteiger partial charge in [0.25, 0.3) is 11.1 Å². The van der Waals surface area contributed by atoms with Crippen molar-refractivity contribution in [1.29, 1.82) is 0 Å². The lowest BCUT2D eigenvalue weighted by atomic mass is 10.1. The quantitative estimate of drug-likeness (QED) is 0.258. The first-order chi connectivity index (χ1) is 16.5. The first-order valence-corrected chi connectivity index (χ1v) is 11.8. The van der Waals surface area contributed by atoms with Crippen molar-refractivity contribution in [1.82, 2.24) is 18.7 Å². The molecule has 0 saturated heterocycles. The zero-order valence-electron chi connectivity index (χ0n) is 20.0. The zero-order chi connectivity index (χ0) is 25.6. The molecule has 2 heterocycles. The Morgan fingerprint density at radius 3 is 2.34 bits per heavy atom. The van der Waals surface area contributed by atoms with Crippen molar-refractivity contribution in [3.05, 3.63) is 90.3 Å². The Kier molecular flexibility index (Phi) is 6.25. The van der Waals surface area contributed by atoms with Crippen molar-refractivity contribution in [2.45, 2.75) is 31.2 Å². The Balaban J connectivity index is 1.87. The van der Waals surface area contributed by atoms with Gasteiger partial charge in [-0.2, -0.15) is 0 Å². The van der Waals surface area contributed by atoms with Crippen LogP contribution in [0, 0.1) is 13.8 Å². The van der Waals surface area contributed by atoms with Crippen LogP contribution in [-0.4, -0.2) is 29.7 Å². The van der Waals surface area contributed by atoms with Gasteiger partial charge in [-0.05, 0) is 56.2 Å². The summed E-state index contributed by atoms with van der Waals surface area (Å²) in [6.45, 7) is 5.55. The monoisotopic (exact) mass is 491 g/mol. The number of anilines is 1. The minimum absolute atomic E-state index is 0.200. The summed E-state index contributed by atoms with van der Waals surface area (Å²) >= 11 is 1.05. The maximum absolute atomic E-state index is 13.5. The third-order valence-corrected chi connectivity index (χ3v) is 7.15. The van der Waals surface area contributed by atoms with Crippen LogP contribution in [-0.2, 0) is 14.1 Å². The van der Waals surface area contributed by atoms with Gasteiger partial charge in [-0.15, -0.1) is 0 Å². The first-order valence-electron chi connectivity index (χ1n) is 10.9. The number of para-hydroxylation sites is 1. The zero-order valence-corrected chi connectivity index (χ0v) is 20.8. The summed E-state index contributed by atoms with van der Waals surface area (Å²) in [4.78, 5) is 56.4. The Hall–Kier alpha value is -3.92. The van der Waals surface area contributed by atoms with E-state index in [-0.39, 0.29) is 16.9 Å². The number of hydrogen-bond donors (Lipinski definition) is 1. The molecule has 180 valence electrons. The molecule has 2 aromatic heterocycles.